The van der Waals surface area contributed by atoms with Crippen LogP contribution < -0.4 is 21.0 Å². The molecule has 0 unspecified atom stereocenters. The Bertz CT molecular complexity index is 1270. The van der Waals surface area contributed by atoms with Crippen molar-refractivity contribution in [3.05, 3.63) is 69.5 Å². The molecule has 0 saturated carbocycles. The first-order valence-corrected chi connectivity index (χ1v) is 12.9. The van der Waals surface area contributed by atoms with Gasteiger partial charge in [-0.2, -0.15) is 0 Å². The van der Waals surface area contributed by atoms with E-state index in [2.05, 4.69) is 26.6 Å². The largest absolute Gasteiger partial charge is 0.464 e. The van der Waals surface area contributed by atoms with Crippen molar-refractivity contribution in [2.24, 2.45) is 0 Å². The molecule has 192 valence electrons. The molecule has 1 atom stereocenters. The third kappa shape index (κ3) is 7.73. The number of alkyl carbamates (subject to hydrolysis) is 1. The number of hydrogen-bond donors (Lipinski definition) is 2. The van der Waals surface area contributed by atoms with E-state index in [1.54, 1.807) is 32.9 Å². The van der Waals surface area contributed by atoms with Gasteiger partial charge in [-0.3, -0.25) is 4.79 Å². The molecule has 10 heteroatoms. The van der Waals surface area contributed by atoms with Crippen LogP contribution in [0, 0.1) is 0 Å². The molecule has 36 heavy (non-hydrogen) atoms. The fourth-order valence-corrected chi connectivity index (χ4v) is 3.81. The lowest BCUT2D eigenvalue weighted by atomic mass is 10.1. The number of fused-ring (bicyclic) bond motifs is 1. The minimum atomic E-state index is -0.928. The quantitative estimate of drug-likeness (QED) is 0.249. The summed E-state index contributed by atoms with van der Waals surface area (Å²) in [4.78, 5) is 38.2. The predicted octanol–water partition coefficient (Wildman–Crippen LogP) is 5.68. The van der Waals surface area contributed by atoms with Gasteiger partial charge in [-0.1, -0.05) is 63.9 Å². The van der Waals surface area contributed by atoms with Crippen molar-refractivity contribution in [3.8, 4) is 5.95 Å². The van der Waals surface area contributed by atoms with E-state index in [4.69, 9.17) is 25.5 Å². The van der Waals surface area contributed by atoms with Crippen molar-refractivity contribution in [2.75, 3.05) is 17.3 Å². The summed E-state index contributed by atoms with van der Waals surface area (Å²) in [6.45, 7) is 5.55. The molecule has 1 heterocycles. The Morgan fingerprint density at radius 2 is 1.83 bits per heavy atom. The first kappa shape index (κ1) is 27.5. The van der Waals surface area contributed by atoms with Crippen LogP contribution >= 0.6 is 27.5 Å². The predicted molar refractivity (Wildman–Crippen MR) is 143 cm³/mol. The molecule has 1 aromatic heterocycles. The molecule has 0 aliphatic rings. The molecule has 0 radical (unpaired) electrons. The van der Waals surface area contributed by atoms with E-state index in [-0.39, 0.29) is 22.8 Å². The molecule has 0 saturated heterocycles. The monoisotopic (exact) mass is 578 g/mol. The molecule has 0 aliphatic heterocycles. The summed E-state index contributed by atoms with van der Waals surface area (Å²) in [7, 11) is 0. The highest BCUT2D eigenvalue weighted by atomic mass is 79.9. The first-order valence-electron chi connectivity index (χ1n) is 11.4. The summed E-state index contributed by atoms with van der Waals surface area (Å²) < 4.78 is 16.0. The van der Waals surface area contributed by atoms with E-state index < -0.39 is 29.3 Å². The average Bonchev–Trinajstić information content (AvgIpc) is 2.81. The zero-order chi connectivity index (χ0) is 26.3. The fourth-order valence-electron chi connectivity index (χ4n) is 3.33. The lowest BCUT2D eigenvalue weighted by molar-refractivity contribution is -0.118. The molecule has 0 aliphatic carbocycles. The summed E-state index contributed by atoms with van der Waals surface area (Å²) in [6, 6.07) is 13.0. The van der Waals surface area contributed by atoms with Gasteiger partial charge in [0.1, 0.15) is 16.7 Å². The standard InChI is InChI=1S/C26H28BrClN2O6/c1-26(2,3)36-25(33)30-20(14-16-8-5-4-6-9-16)22(31)29-17-10-11-18-19(15-17)23(32)35-24(21(18)28)34-13-7-12-27/h4-6,8-11,15,20H,7,12-14H2,1-3H3,(H,29,31)(H,30,33)/t20-/m1/s1. The van der Waals surface area contributed by atoms with E-state index in [0.29, 0.717) is 24.1 Å². The van der Waals surface area contributed by atoms with E-state index >= 15 is 0 Å². The molecule has 0 spiro atoms. The van der Waals surface area contributed by atoms with Gasteiger partial charge in [0, 0.05) is 22.8 Å². The van der Waals surface area contributed by atoms with E-state index in [1.165, 1.54) is 6.07 Å². The molecule has 2 amide bonds. The van der Waals surface area contributed by atoms with Gasteiger partial charge >= 0.3 is 17.7 Å². The molecule has 2 aromatic carbocycles. The van der Waals surface area contributed by atoms with Crippen molar-refractivity contribution >= 4 is 56.0 Å². The Morgan fingerprint density at radius 1 is 1.11 bits per heavy atom. The van der Waals surface area contributed by atoms with Crippen LogP contribution in [0.3, 0.4) is 0 Å². The fraction of sp³-hybridized carbons (Fsp3) is 0.346. The zero-order valence-electron chi connectivity index (χ0n) is 20.2. The van der Waals surface area contributed by atoms with Gasteiger partial charge in [0.05, 0.1) is 12.0 Å². The SMILES string of the molecule is CC(C)(C)OC(=O)N[C@H](Cc1ccccc1)C(=O)Nc1ccc2c(Cl)c(OCCCBr)oc(=O)c2c1. The molecule has 0 fully saturated rings. The number of benzene rings is 2. The maximum Gasteiger partial charge on any atom is 0.408 e. The van der Waals surface area contributed by atoms with Gasteiger partial charge in [0.25, 0.3) is 0 Å². The van der Waals surface area contributed by atoms with E-state index in [0.717, 1.165) is 10.9 Å². The van der Waals surface area contributed by atoms with Crippen LogP contribution in [0.1, 0.15) is 32.8 Å². The second-order valence-electron chi connectivity index (χ2n) is 9.02. The number of nitrogens with one attached hydrogen (secondary N) is 2. The Hall–Kier alpha value is -3.04. The van der Waals surface area contributed by atoms with Crippen LogP contribution in [-0.4, -0.2) is 35.6 Å². The Labute approximate surface area is 222 Å². The van der Waals surface area contributed by atoms with Gasteiger partial charge in [-0.05, 0) is 44.9 Å². The number of halogens is 2. The van der Waals surface area contributed by atoms with E-state index in [9.17, 15) is 14.4 Å². The smallest absolute Gasteiger partial charge is 0.408 e. The normalized spacial score (nSPS) is 12.1. The number of carbonyl (C=O) groups excluding carboxylic acids is 2. The van der Waals surface area contributed by atoms with Crippen LogP contribution in [-0.2, 0) is 16.0 Å². The summed E-state index contributed by atoms with van der Waals surface area (Å²) in [6.07, 6.45) is 0.240. The number of carbonyl (C=O) groups is 2. The summed E-state index contributed by atoms with van der Waals surface area (Å²) >= 11 is 9.69. The lowest BCUT2D eigenvalue weighted by Gasteiger charge is -2.23. The molecule has 2 N–H and O–H groups in total. The molecule has 8 nitrogen and oxygen atoms in total. The van der Waals surface area contributed by atoms with Gasteiger partial charge in [-0.15, -0.1) is 0 Å². The highest BCUT2D eigenvalue weighted by Gasteiger charge is 2.25. The van der Waals surface area contributed by atoms with Crippen molar-refractivity contribution in [3.63, 3.8) is 0 Å². The van der Waals surface area contributed by atoms with Gasteiger partial charge in [-0.25, -0.2) is 9.59 Å². The Morgan fingerprint density at radius 3 is 2.50 bits per heavy atom. The number of alkyl halides is 1. The number of ether oxygens (including phenoxy) is 2. The molecular formula is C26H28BrClN2O6. The number of hydrogen-bond acceptors (Lipinski definition) is 6. The van der Waals surface area contributed by atoms with Gasteiger partial charge in [0.2, 0.25) is 5.91 Å². The molecule has 0 bridgehead atoms. The number of anilines is 1. The summed E-state index contributed by atoms with van der Waals surface area (Å²) in [5.41, 5.74) is -0.174. The minimum absolute atomic E-state index is 0.0450. The maximum atomic E-state index is 13.2. The van der Waals surface area contributed by atoms with Gasteiger partial charge < -0.3 is 24.5 Å². The number of amides is 2. The van der Waals surface area contributed by atoms with Crippen molar-refractivity contribution in [2.45, 2.75) is 45.3 Å². The Balaban J connectivity index is 1.83. The third-order valence-corrected chi connectivity index (χ3v) is 5.83. The van der Waals surface area contributed by atoms with Crippen molar-refractivity contribution in [1.29, 1.82) is 0 Å². The molecule has 3 aromatic rings. The third-order valence-electron chi connectivity index (χ3n) is 4.91. The second kappa shape index (κ2) is 12.3. The van der Waals surface area contributed by atoms with Gasteiger partial charge in [0.15, 0.2) is 0 Å². The molecular weight excluding hydrogens is 552 g/mol. The minimum Gasteiger partial charge on any atom is -0.464 e. The van der Waals surface area contributed by atoms with Crippen LogP contribution in [0.15, 0.2) is 57.7 Å². The maximum absolute atomic E-state index is 13.2. The molecule has 3 rings (SSSR count). The van der Waals surface area contributed by atoms with Crippen LogP contribution in [0.4, 0.5) is 10.5 Å². The van der Waals surface area contributed by atoms with Crippen LogP contribution in [0.25, 0.3) is 10.8 Å². The van der Waals surface area contributed by atoms with E-state index in [1.807, 2.05) is 30.3 Å². The van der Waals surface area contributed by atoms with Crippen molar-refractivity contribution in [1.82, 2.24) is 5.32 Å². The van der Waals surface area contributed by atoms with Crippen LogP contribution in [0.2, 0.25) is 5.02 Å². The first-order chi connectivity index (χ1) is 17.1. The second-order valence-corrected chi connectivity index (χ2v) is 10.2. The summed E-state index contributed by atoms with van der Waals surface area (Å²) in [5, 5.41) is 6.92. The topological polar surface area (TPSA) is 107 Å². The van der Waals surface area contributed by atoms with Crippen LogP contribution in [0.5, 0.6) is 5.95 Å². The van der Waals surface area contributed by atoms with Crippen molar-refractivity contribution < 1.29 is 23.5 Å². The lowest BCUT2D eigenvalue weighted by Crippen LogP contribution is -2.47. The zero-order valence-corrected chi connectivity index (χ0v) is 22.6. The Kier molecular flexibility index (Phi) is 9.39. The highest BCUT2D eigenvalue weighted by molar-refractivity contribution is 9.09. The number of rotatable bonds is 9. The summed E-state index contributed by atoms with van der Waals surface area (Å²) in [5.74, 6) is -0.523. The average molecular weight is 580 g/mol. The highest BCUT2D eigenvalue weighted by Crippen LogP contribution is 2.32.